The maximum atomic E-state index is 14.2. The highest BCUT2D eigenvalue weighted by molar-refractivity contribution is 5.92. The highest BCUT2D eigenvalue weighted by Crippen LogP contribution is 2.48. The number of nitrogens with one attached hydrogen (secondary N) is 3. The molecule has 1 aliphatic heterocycles. The number of aromatic nitrogens is 2. The second-order valence-electron chi connectivity index (χ2n) is 9.00. The first-order valence-corrected chi connectivity index (χ1v) is 10.7. The van der Waals surface area contributed by atoms with Crippen LogP contribution in [0.25, 0.3) is 0 Å². The number of H-pyrrole nitrogens is 1. The Morgan fingerprint density at radius 1 is 1.06 bits per heavy atom. The summed E-state index contributed by atoms with van der Waals surface area (Å²) < 4.78 is 85.6. The number of nitrogens with zero attached hydrogens (tertiary/aromatic N) is 1. The molecule has 0 bridgehead atoms. The highest BCUT2D eigenvalue weighted by Gasteiger charge is 2.78. The summed E-state index contributed by atoms with van der Waals surface area (Å²) in [6, 6.07) is 0. The first-order valence-electron chi connectivity index (χ1n) is 10.7. The minimum absolute atomic E-state index is 0.0965. The van der Waals surface area contributed by atoms with E-state index in [2.05, 4.69) is 5.32 Å². The van der Waals surface area contributed by atoms with Gasteiger partial charge in [-0.2, -0.15) is 26.3 Å². The van der Waals surface area contributed by atoms with E-state index in [1.807, 2.05) is 0 Å². The predicted molar refractivity (Wildman–Crippen MR) is 105 cm³/mol. The van der Waals surface area contributed by atoms with Gasteiger partial charge >= 0.3 is 23.6 Å². The molecule has 0 radical (unpaired) electrons. The second kappa shape index (κ2) is 8.58. The van der Waals surface area contributed by atoms with Crippen molar-refractivity contribution in [3.8, 4) is 0 Å². The molecule has 1 aromatic rings. The van der Waals surface area contributed by atoms with Gasteiger partial charge in [0.1, 0.15) is 5.56 Å². The fraction of sp³-hybridized carbons (Fsp3) is 0.750. The van der Waals surface area contributed by atoms with E-state index >= 15 is 0 Å². The van der Waals surface area contributed by atoms with Crippen molar-refractivity contribution < 1.29 is 31.3 Å². The van der Waals surface area contributed by atoms with Crippen molar-refractivity contribution in [3.63, 3.8) is 0 Å². The van der Waals surface area contributed by atoms with Crippen LogP contribution in [-0.2, 0) is 12.1 Å². The first-order chi connectivity index (χ1) is 14.8. The number of anilines is 1. The number of hydrogen-bond donors (Lipinski definition) is 3. The summed E-state index contributed by atoms with van der Waals surface area (Å²) in [7, 11) is 0. The average molecular weight is 469 g/mol. The number of alkyl halides is 6. The van der Waals surface area contributed by atoms with Crippen molar-refractivity contribution >= 4 is 11.7 Å². The Balaban J connectivity index is 2.21. The van der Waals surface area contributed by atoms with Crippen LogP contribution in [0.2, 0.25) is 0 Å². The van der Waals surface area contributed by atoms with Gasteiger partial charge in [-0.3, -0.25) is 19.3 Å². The Morgan fingerprint density at radius 3 is 2.19 bits per heavy atom. The lowest BCUT2D eigenvalue weighted by atomic mass is 9.85. The van der Waals surface area contributed by atoms with E-state index in [0.29, 0.717) is 6.42 Å². The van der Waals surface area contributed by atoms with Gasteiger partial charge in [0.15, 0.2) is 0 Å². The van der Waals surface area contributed by atoms with Gasteiger partial charge in [0.25, 0.3) is 5.56 Å². The summed E-state index contributed by atoms with van der Waals surface area (Å²) in [6.45, 7) is 3.13. The van der Waals surface area contributed by atoms with E-state index in [0.717, 1.165) is 36.7 Å². The van der Waals surface area contributed by atoms with Crippen molar-refractivity contribution in [2.45, 2.75) is 83.2 Å². The van der Waals surface area contributed by atoms with Crippen molar-refractivity contribution in [1.29, 1.82) is 0 Å². The molecular weight excluding hydrogens is 442 g/mol. The van der Waals surface area contributed by atoms with Crippen LogP contribution in [0.4, 0.5) is 32.2 Å². The summed E-state index contributed by atoms with van der Waals surface area (Å²) in [5.74, 6) is -1.25. The van der Waals surface area contributed by atoms with E-state index in [1.54, 1.807) is 23.8 Å². The third kappa shape index (κ3) is 4.32. The van der Waals surface area contributed by atoms with Crippen molar-refractivity contribution in [2.24, 2.45) is 11.8 Å². The lowest BCUT2D eigenvalue weighted by Gasteiger charge is -2.35. The summed E-state index contributed by atoms with van der Waals surface area (Å²) in [5.41, 5.74) is -9.03. The van der Waals surface area contributed by atoms with Gasteiger partial charge in [-0.15, -0.1) is 0 Å². The number of fused-ring (bicyclic) bond motifs is 1. The number of rotatable bonds is 5. The number of aromatic amines is 1. The molecule has 3 N–H and O–H groups in total. The molecule has 0 saturated heterocycles. The third-order valence-corrected chi connectivity index (χ3v) is 6.11. The van der Waals surface area contributed by atoms with Crippen LogP contribution in [0, 0.1) is 11.8 Å². The van der Waals surface area contributed by atoms with E-state index in [4.69, 9.17) is 0 Å². The van der Waals surface area contributed by atoms with Crippen LogP contribution >= 0.6 is 0 Å². The standard InChI is InChI=1S/C20H26F6N4O2/c1-11(2)10-30-15-14(16(31)28-17(30)32)18(19(21,22)23,20(24,25)26)29-13(27-15)9-8-12-6-4-3-5-7-12/h11-12H,3-10H2,1-2H3,(H,27,29)(H,28,31,32)/p+1. The minimum Gasteiger partial charge on any atom is -0.273 e. The summed E-state index contributed by atoms with van der Waals surface area (Å²) >= 11 is 0. The normalized spacial score (nSPS) is 19.5. The fourth-order valence-corrected chi connectivity index (χ4v) is 4.59. The highest BCUT2D eigenvalue weighted by atomic mass is 19.4. The van der Waals surface area contributed by atoms with Gasteiger partial charge in [0.2, 0.25) is 11.7 Å². The smallest absolute Gasteiger partial charge is 0.273 e. The van der Waals surface area contributed by atoms with Gasteiger partial charge in [-0.05, 0) is 18.3 Å². The Bertz CT molecular complexity index is 970. The number of halogens is 6. The molecule has 0 unspecified atom stereocenters. The molecule has 3 rings (SSSR count). The molecule has 1 fully saturated rings. The lowest BCUT2D eigenvalue weighted by Crippen LogP contribution is -2.97. The summed E-state index contributed by atoms with van der Waals surface area (Å²) in [6.07, 6.45) is -6.75. The molecule has 1 aromatic heterocycles. The molecule has 32 heavy (non-hydrogen) atoms. The molecule has 2 heterocycles. The molecule has 0 amide bonds. The van der Waals surface area contributed by atoms with Gasteiger partial charge in [0, 0.05) is 13.0 Å². The van der Waals surface area contributed by atoms with Crippen molar-refractivity contribution in [2.75, 3.05) is 5.32 Å². The summed E-state index contributed by atoms with van der Waals surface area (Å²) in [4.78, 5) is 28.0. The molecule has 6 nitrogen and oxygen atoms in total. The molecular formula is C20H27F6N4O2+. The molecule has 2 aliphatic rings. The Kier molecular flexibility index (Phi) is 6.54. The predicted octanol–water partition coefficient (Wildman–Crippen LogP) is 2.78. The second-order valence-corrected chi connectivity index (χ2v) is 9.00. The molecule has 12 heteroatoms. The van der Waals surface area contributed by atoms with Gasteiger partial charge in [-0.25, -0.2) is 10.1 Å². The van der Waals surface area contributed by atoms with E-state index in [9.17, 15) is 35.9 Å². The SMILES string of the molecule is CC(C)Cn1c2c(c(=O)[nH]c1=O)C(C(F)(F)F)(C(F)(F)F)[NH+]=C(CCC1CCCCC1)N2. The van der Waals surface area contributed by atoms with Gasteiger partial charge < -0.3 is 0 Å². The number of amidine groups is 1. The largest absolute Gasteiger partial charge is 0.446 e. The zero-order valence-electron chi connectivity index (χ0n) is 17.8. The minimum atomic E-state index is -5.90. The van der Waals surface area contributed by atoms with Crippen molar-refractivity contribution in [1.82, 2.24) is 9.55 Å². The topological polar surface area (TPSA) is 80.9 Å². The van der Waals surface area contributed by atoms with E-state index in [-0.39, 0.29) is 24.8 Å². The zero-order chi connectivity index (χ0) is 23.9. The molecule has 1 aliphatic carbocycles. The van der Waals surface area contributed by atoms with E-state index in [1.165, 1.54) is 0 Å². The Labute approximate surface area is 180 Å². The molecule has 0 atom stereocenters. The van der Waals surface area contributed by atoms with Gasteiger partial charge in [-0.1, -0.05) is 46.0 Å². The Morgan fingerprint density at radius 2 is 1.66 bits per heavy atom. The monoisotopic (exact) mass is 469 g/mol. The molecule has 0 spiro atoms. The quantitative estimate of drug-likeness (QED) is 0.581. The zero-order valence-corrected chi connectivity index (χ0v) is 17.8. The van der Waals surface area contributed by atoms with Crippen LogP contribution in [0.15, 0.2) is 9.59 Å². The van der Waals surface area contributed by atoms with Crippen molar-refractivity contribution in [3.05, 3.63) is 26.4 Å². The number of hydrogen-bond acceptors (Lipinski definition) is 3. The van der Waals surface area contributed by atoms with Crippen LogP contribution < -0.4 is 21.6 Å². The average Bonchev–Trinajstić information content (AvgIpc) is 2.67. The van der Waals surface area contributed by atoms with Crippen LogP contribution in [0.1, 0.15) is 64.4 Å². The van der Waals surface area contributed by atoms with Crippen LogP contribution in [0.5, 0.6) is 0 Å². The van der Waals surface area contributed by atoms with Crippen LogP contribution in [-0.4, -0.2) is 27.7 Å². The third-order valence-electron chi connectivity index (χ3n) is 6.11. The molecule has 1 saturated carbocycles. The first kappa shape index (κ1) is 24.4. The van der Waals surface area contributed by atoms with Gasteiger partial charge in [0.05, 0.1) is 0 Å². The summed E-state index contributed by atoms with van der Waals surface area (Å²) in [5, 5.41) is 2.54. The molecule has 180 valence electrons. The fourth-order valence-electron chi connectivity index (χ4n) is 4.59. The maximum Gasteiger partial charge on any atom is 0.446 e. The van der Waals surface area contributed by atoms with E-state index < -0.39 is 46.4 Å². The van der Waals surface area contributed by atoms with Crippen LogP contribution in [0.3, 0.4) is 0 Å². The Hall–Kier alpha value is -2.27. The lowest BCUT2D eigenvalue weighted by molar-refractivity contribution is -0.659. The molecule has 0 aromatic carbocycles. The maximum absolute atomic E-state index is 14.2.